The van der Waals surface area contributed by atoms with Crippen LogP contribution in [0.4, 0.5) is 0 Å². The third-order valence-corrected chi connectivity index (χ3v) is 9.01. The molecule has 4 nitrogen and oxygen atoms in total. The fourth-order valence-corrected chi connectivity index (χ4v) is 6.63. The van der Waals surface area contributed by atoms with E-state index in [1.165, 1.54) is 33.4 Å². The van der Waals surface area contributed by atoms with Gasteiger partial charge in [-0.1, -0.05) is 96.1 Å². The summed E-state index contributed by atoms with van der Waals surface area (Å²) in [4.78, 5) is 0. The molecule has 0 spiro atoms. The molecule has 0 fully saturated rings. The van der Waals surface area contributed by atoms with Gasteiger partial charge in [0.1, 0.15) is 24.7 Å². The molecule has 0 saturated carbocycles. The molecule has 2 N–H and O–H groups in total. The monoisotopic (exact) mass is 596 g/mol. The van der Waals surface area contributed by atoms with E-state index in [0.717, 1.165) is 44.2 Å². The molecule has 0 aliphatic carbocycles. The van der Waals surface area contributed by atoms with E-state index in [2.05, 4.69) is 125 Å². The first-order valence-corrected chi connectivity index (χ1v) is 15.6. The van der Waals surface area contributed by atoms with Gasteiger partial charge in [0.2, 0.25) is 0 Å². The number of hydrogen-bond acceptors (Lipinski definition) is 4. The maximum absolute atomic E-state index is 9.31. The van der Waals surface area contributed by atoms with Crippen molar-refractivity contribution in [3.05, 3.63) is 154 Å². The minimum atomic E-state index is -0.607. The Labute approximate surface area is 265 Å². The summed E-state index contributed by atoms with van der Waals surface area (Å²) in [5, 5.41) is 23.1. The first kappa shape index (κ1) is 30.4. The van der Waals surface area contributed by atoms with Crippen molar-refractivity contribution in [3.63, 3.8) is 0 Å². The highest BCUT2D eigenvalue weighted by Crippen LogP contribution is 2.47. The molecule has 4 heteroatoms. The van der Waals surface area contributed by atoms with Crippen LogP contribution in [0.2, 0.25) is 0 Å². The molecule has 0 unspecified atom stereocenters. The van der Waals surface area contributed by atoms with E-state index in [1.54, 1.807) is 0 Å². The summed E-state index contributed by atoms with van der Waals surface area (Å²) < 4.78 is 11.7. The highest BCUT2D eigenvalue weighted by Gasteiger charge is 2.39. The lowest BCUT2D eigenvalue weighted by atomic mass is 9.64. The lowest BCUT2D eigenvalue weighted by Gasteiger charge is -2.37. The molecule has 6 aromatic carbocycles. The van der Waals surface area contributed by atoms with Crippen molar-refractivity contribution in [1.82, 2.24) is 0 Å². The first-order chi connectivity index (χ1) is 21.9. The smallest absolute Gasteiger partial charge is 0.122 e. The molecule has 45 heavy (non-hydrogen) atoms. The maximum atomic E-state index is 9.31. The van der Waals surface area contributed by atoms with Crippen molar-refractivity contribution in [3.8, 4) is 11.5 Å². The fraction of sp³-hybridized carbons (Fsp3) is 0.220. The van der Waals surface area contributed by atoms with Crippen LogP contribution in [0, 0.1) is 27.7 Å². The van der Waals surface area contributed by atoms with E-state index < -0.39 is 5.41 Å². The number of aliphatic hydroxyl groups is 2. The normalized spacial score (nSPS) is 11.7. The van der Waals surface area contributed by atoms with Crippen LogP contribution < -0.4 is 9.47 Å². The maximum Gasteiger partial charge on any atom is 0.122 e. The zero-order chi connectivity index (χ0) is 31.6. The molecule has 0 atom stereocenters. The second-order valence-electron chi connectivity index (χ2n) is 11.9. The Morgan fingerprint density at radius 1 is 0.467 bits per heavy atom. The molecule has 0 radical (unpaired) electrons. The molecule has 0 heterocycles. The SMILES string of the molecule is Cc1ccc(C(c2ccc(C)cc2)(c2ccc3c(C)c(OCCO)ccc3c2)c2ccc3c(C)c(OCCO)ccc3c2)cc1. The zero-order valence-electron chi connectivity index (χ0n) is 26.4. The predicted octanol–water partition coefficient (Wildman–Crippen LogP) is 8.35. The average Bonchev–Trinajstić information content (AvgIpc) is 3.06. The van der Waals surface area contributed by atoms with E-state index >= 15 is 0 Å². The number of aliphatic hydroxyl groups excluding tert-OH is 2. The zero-order valence-corrected chi connectivity index (χ0v) is 26.4. The van der Waals surface area contributed by atoms with Gasteiger partial charge in [0, 0.05) is 0 Å². The predicted molar refractivity (Wildman–Crippen MR) is 184 cm³/mol. The van der Waals surface area contributed by atoms with Crippen molar-refractivity contribution in [1.29, 1.82) is 0 Å². The van der Waals surface area contributed by atoms with Gasteiger partial charge in [0.25, 0.3) is 0 Å². The standard InChI is InChI=1S/C41H40O4/c1-27-5-11-33(12-6-27)41(34-13-7-28(2)8-14-34,35-15-17-37-29(3)39(44-23-21-42)19-9-31(37)25-35)36-16-18-38-30(4)40(45-24-22-43)20-10-32(38)26-36/h5-20,25-26,42-43H,21-24H2,1-4H3. The van der Waals surface area contributed by atoms with Gasteiger partial charge in [-0.3, -0.25) is 0 Å². The topological polar surface area (TPSA) is 58.9 Å². The quantitative estimate of drug-likeness (QED) is 0.156. The highest BCUT2D eigenvalue weighted by molar-refractivity contribution is 5.91. The van der Waals surface area contributed by atoms with Gasteiger partial charge in [0.05, 0.1) is 18.6 Å². The largest absolute Gasteiger partial charge is 0.491 e. The average molecular weight is 597 g/mol. The van der Waals surface area contributed by atoms with Crippen LogP contribution in [0.3, 0.4) is 0 Å². The number of ether oxygens (including phenoxy) is 2. The van der Waals surface area contributed by atoms with Crippen molar-refractivity contribution >= 4 is 21.5 Å². The molecular formula is C41H40O4. The number of hydrogen-bond donors (Lipinski definition) is 2. The van der Waals surface area contributed by atoms with Crippen LogP contribution in [0.5, 0.6) is 11.5 Å². The van der Waals surface area contributed by atoms with Gasteiger partial charge in [0.15, 0.2) is 0 Å². The molecule has 228 valence electrons. The molecule has 0 aliphatic heterocycles. The van der Waals surface area contributed by atoms with E-state index in [9.17, 15) is 10.2 Å². The summed E-state index contributed by atoms with van der Waals surface area (Å²) in [5.41, 5.74) is 8.66. The van der Waals surface area contributed by atoms with Gasteiger partial charge in [-0.25, -0.2) is 0 Å². The third kappa shape index (κ3) is 5.56. The Morgan fingerprint density at radius 2 is 0.844 bits per heavy atom. The first-order valence-electron chi connectivity index (χ1n) is 15.6. The lowest BCUT2D eigenvalue weighted by Crippen LogP contribution is -2.31. The fourth-order valence-electron chi connectivity index (χ4n) is 6.63. The second kappa shape index (κ2) is 12.8. The van der Waals surface area contributed by atoms with Crippen LogP contribution in [-0.4, -0.2) is 36.6 Å². The van der Waals surface area contributed by atoms with Crippen molar-refractivity contribution < 1.29 is 19.7 Å². The molecule has 6 aromatic rings. The minimum Gasteiger partial charge on any atom is -0.491 e. The highest BCUT2D eigenvalue weighted by atomic mass is 16.5. The summed E-state index contributed by atoms with van der Waals surface area (Å²) >= 11 is 0. The molecule has 0 aromatic heterocycles. The Bertz CT molecular complexity index is 1810. The molecule has 0 saturated heterocycles. The van der Waals surface area contributed by atoms with Gasteiger partial charge in [-0.15, -0.1) is 0 Å². The number of aryl methyl sites for hydroxylation is 4. The van der Waals surface area contributed by atoms with Gasteiger partial charge >= 0.3 is 0 Å². The molecule has 6 rings (SSSR count). The number of benzene rings is 6. The van der Waals surface area contributed by atoms with Crippen molar-refractivity contribution in [2.45, 2.75) is 33.1 Å². The van der Waals surface area contributed by atoms with Gasteiger partial charge in [-0.05, 0) is 107 Å². The summed E-state index contributed by atoms with van der Waals surface area (Å²) in [6.45, 7) is 8.90. The van der Waals surface area contributed by atoms with E-state index in [0.29, 0.717) is 0 Å². The third-order valence-electron chi connectivity index (χ3n) is 9.01. The van der Waals surface area contributed by atoms with Gasteiger partial charge < -0.3 is 19.7 Å². The molecular weight excluding hydrogens is 556 g/mol. The summed E-state index contributed by atoms with van der Waals surface area (Å²) in [6, 6.07) is 39.6. The van der Waals surface area contributed by atoms with Crippen LogP contribution in [0.15, 0.2) is 109 Å². The Hall–Kier alpha value is -4.64. The van der Waals surface area contributed by atoms with Gasteiger partial charge in [-0.2, -0.15) is 0 Å². The Morgan fingerprint density at radius 3 is 1.22 bits per heavy atom. The van der Waals surface area contributed by atoms with Crippen LogP contribution in [-0.2, 0) is 5.41 Å². The van der Waals surface area contributed by atoms with E-state index in [1.807, 2.05) is 12.1 Å². The van der Waals surface area contributed by atoms with Crippen molar-refractivity contribution in [2.75, 3.05) is 26.4 Å². The Kier molecular flexibility index (Phi) is 8.62. The van der Waals surface area contributed by atoms with E-state index in [4.69, 9.17) is 9.47 Å². The van der Waals surface area contributed by atoms with Crippen LogP contribution in [0.25, 0.3) is 21.5 Å². The molecule has 0 aliphatic rings. The summed E-state index contributed by atoms with van der Waals surface area (Å²) in [6.07, 6.45) is 0. The lowest BCUT2D eigenvalue weighted by molar-refractivity contribution is 0.201. The second-order valence-corrected chi connectivity index (χ2v) is 11.9. The summed E-state index contributed by atoms with van der Waals surface area (Å²) in [5.74, 6) is 1.58. The van der Waals surface area contributed by atoms with Crippen molar-refractivity contribution in [2.24, 2.45) is 0 Å². The van der Waals surface area contributed by atoms with Crippen LogP contribution >= 0.6 is 0 Å². The number of fused-ring (bicyclic) bond motifs is 2. The molecule has 0 amide bonds. The minimum absolute atomic E-state index is 0.0195. The Balaban J connectivity index is 1.65. The number of rotatable bonds is 10. The van der Waals surface area contributed by atoms with E-state index in [-0.39, 0.29) is 26.4 Å². The van der Waals surface area contributed by atoms with Crippen LogP contribution in [0.1, 0.15) is 44.5 Å². The summed E-state index contributed by atoms with van der Waals surface area (Å²) in [7, 11) is 0. The molecule has 0 bridgehead atoms.